The van der Waals surface area contributed by atoms with Crippen molar-refractivity contribution in [2.45, 2.75) is 27.7 Å². The topological polar surface area (TPSA) is 6.48 Å². The first kappa shape index (κ1) is 53.2. The highest BCUT2D eigenvalue weighted by Crippen LogP contribution is 2.48. The summed E-state index contributed by atoms with van der Waals surface area (Å²) in [4.78, 5) is 4.96. The molecule has 14 rings (SSSR count). The van der Waals surface area contributed by atoms with Gasteiger partial charge in [-0.1, -0.05) is 243 Å². The lowest BCUT2D eigenvalue weighted by Crippen LogP contribution is -2.14. The van der Waals surface area contributed by atoms with Gasteiger partial charge in [0.25, 0.3) is 0 Å². The van der Waals surface area contributed by atoms with Gasteiger partial charge in [-0.05, 0) is 211 Å². The van der Waals surface area contributed by atoms with Gasteiger partial charge in [0.05, 0.1) is 11.4 Å². The highest BCUT2D eigenvalue weighted by molar-refractivity contribution is 5.97. The molecule has 0 radical (unpaired) electrons. The Kier molecular flexibility index (Phi) is 14.3. The Morgan fingerprint density at radius 2 is 0.488 bits per heavy atom. The third-order valence-electron chi connectivity index (χ3n) is 17.1. The molecule has 0 bridgehead atoms. The van der Waals surface area contributed by atoms with E-state index >= 15 is 0 Å². The Morgan fingerprint density at radius 1 is 0.186 bits per heavy atom. The second-order valence-electron chi connectivity index (χ2n) is 22.7. The summed E-state index contributed by atoms with van der Waals surface area (Å²) < 4.78 is 0. The molecule has 14 aromatic carbocycles. The van der Waals surface area contributed by atoms with E-state index in [2.05, 4.69) is 353 Å². The van der Waals surface area contributed by atoms with Gasteiger partial charge in [0.2, 0.25) is 0 Å². The molecule has 0 saturated heterocycles. The van der Waals surface area contributed by atoms with E-state index in [4.69, 9.17) is 0 Å². The lowest BCUT2D eigenvalue weighted by molar-refractivity contribution is 1.22. The number of para-hydroxylation sites is 2. The van der Waals surface area contributed by atoms with Crippen LogP contribution in [0.5, 0.6) is 0 Å². The molecule has 0 fully saturated rings. The fourth-order valence-electron chi connectivity index (χ4n) is 12.7. The number of hydrogen-bond donors (Lipinski definition) is 0. The zero-order valence-corrected chi connectivity index (χ0v) is 48.9. The van der Waals surface area contributed by atoms with Gasteiger partial charge in [0.15, 0.2) is 0 Å². The van der Waals surface area contributed by atoms with E-state index in [1.807, 2.05) is 0 Å². The fraction of sp³-hybridized carbons (Fsp3) is 0.0476. The minimum Gasteiger partial charge on any atom is -0.309 e. The Hall–Kier alpha value is -10.8. The summed E-state index contributed by atoms with van der Waals surface area (Å²) >= 11 is 0. The smallest absolute Gasteiger partial charge is 0.0569 e. The van der Waals surface area contributed by atoms with E-state index < -0.39 is 0 Å². The average molecular weight is 1100 g/mol. The van der Waals surface area contributed by atoms with Crippen molar-refractivity contribution in [1.82, 2.24) is 0 Å². The molecule has 0 heterocycles. The van der Waals surface area contributed by atoms with Crippen molar-refractivity contribution in [2.24, 2.45) is 0 Å². The summed E-state index contributed by atoms with van der Waals surface area (Å²) in [5.41, 5.74) is 28.1. The highest BCUT2D eigenvalue weighted by atomic mass is 15.2. The molecule has 0 atom stereocenters. The van der Waals surface area contributed by atoms with Crippen molar-refractivity contribution in [3.8, 4) is 77.9 Å². The van der Waals surface area contributed by atoms with Gasteiger partial charge in [0, 0.05) is 33.9 Å². The molecule has 0 unspecified atom stereocenters. The van der Waals surface area contributed by atoms with Crippen LogP contribution in [-0.4, -0.2) is 0 Å². The standard InChI is InChI=1S/C84H64N2/c1-57-19-15-33-79(75-37-35-63-25-11-13-27-67(63)55-75)83(57)85(77-45-39-65(40-46-77)71-31-17-29-69(53-71)61-21-7-5-8-22-61)81-49-43-73(51-59(81)3)74-44-50-82(60(4)52-74)86(84-58(2)20-16-34-80(84)76-38-36-64-26-12-14-28-68(64)56-76)78-47-41-66(42-48-78)72-32-18-30-70(54-72)62-23-9-6-10-24-62/h5-56H,1-4H3. The Labute approximate surface area is 505 Å². The molecule has 0 aliphatic heterocycles. The summed E-state index contributed by atoms with van der Waals surface area (Å²) in [6.45, 7) is 9.02. The maximum absolute atomic E-state index is 2.48. The van der Waals surface area contributed by atoms with Crippen LogP contribution in [0.3, 0.4) is 0 Å². The number of anilines is 6. The Balaban J connectivity index is 0.862. The third-order valence-corrected chi connectivity index (χ3v) is 17.1. The van der Waals surface area contributed by atoms with Gasteiger partial charge in [0.1, 0.15) is 0 Å². The molecule has 410 valence electrons. The van der Waals surface area contributed by atoms with Crippen molar-refractivity contribution in [3.05, 3.63) is 338 Å². The molecule has 86 heavy (non-hydrogen) atoms. The summed E-state index contributed by atoms with van der Waals surface area (Å²) in [6, 6.07) is 116. The quantitative estimate of drug-likeness (QED) is 0.114. The second-order valence-corrected chi connectivity index (χ2v) is 22.7. The van der Waals surface area contributed by atoms with Crippen LogP contribution in [0, 0.1) is 27.7 Å². The SMILES string of the molecule is Cc1cc(-c2ccc(N(c3ccc(-c4cccc(-c5ccccc5)c4)cc3)c3c(C)cccc3-c3ccc4ccccc4c3)c(C)c2)ccc1N(c1ccc(-c2cccc(-c3ccccc3)c2)cc1)c1c(C)cccc1-c1ccc2ccccc2c1. The molecule has 0 amide bonds. The number of hydrogen-bond acceptors (Lipinski definition) is 2. The molecule has 0 aliphatic rings. The largest absolute Gasteiger partial charge is 0.309 e. The van der Waals surface area contributed by atoms with Crippen molar-refractivity contribution >= 4 is 55.7 Å². The normalized spacial score (nSPS) is 11.3. The monoisotopic (exact) mass is 1100 g/mol. The van der Waals surface area contributed by atoms with Gasteiger partial charge in [-0.25, -0.2) is 0 Å². The maximum Gasteiger partial charge on any atom is 0.0569 e. The molecule has 0 spiro atoms. The zero-order valence-electron chi connectivity index (χ0n) is 48.9. The molecule has 2 nitrogen and oxygen atoms in total. The van der Waals surface area contributed by atoms with Crippen LogP contribution in [-0.2, 0) is 0 Å². The highest BCUT2D eigenvalue weighted by Gasteiger charge is 2.24. The number of rotatable bonds is 13. The van der Waals surface area contributed by atoms with Crippen LogP contribution in [0.25, 0.3) is 99.4 Å². The predicted molar refractivity (Wildman–Crippen MR) is 368 cm³/mol. The van der Waals surface area contributed by atoms with Crippen LogP contribution in [0.2, 0.25) is 0 Å². The van der Waals surface area contributed by atoms with Gasteiger partial charge in [-0.2, -0.15) is 0 Å². The molecule has 0 saturated carbocycles. The van der Waals surface area contributed by atoms with Crippen LogP contribution in [0.15, 0.2) is 315 Å². The summed E-state index contributed by atoms with van der Waals surface area (Å²) in [5.74, 6) is 0. The molecule has 0 aromatic heterocycles. The van der Waals surface area contributed by atoms with Gasteiger partial charge in [-0.15, -0.1) is 0 Å². The first-order valence-corrected chi connectivity index (χ1v) is 29.8. The lowest BCUT2D eigenvalue weighted by Gasteiger charge is -2.32. The number of fused-ring (bicyclic) bond motifs is 2. The van der Waals surface area contributed by atoms with E-state index in [1.54, 1.807) is 0 Å². The molecule has 0 aliphatic carbocycles. The first-order valence-electron chi connectivity index (χ1n) is 29.8. The van der Waals surface area contributed by atoms with Crippen molar-refractivity contribution in [3.63, 3.8) is 0 Å². The number of nitrogens with zero attached hydrogens (tertiary/aromatic N) is 2. The van der Waals surface area contributed by atoms with E-state index in [9.17, 15) is 0 Å². The van der Waals surface area contributed by atoms with Crippen LogP contribution >= 0.6 is 0 Å². The van der Waals surface area contributed by atoms with Gasteiger partial charge >= 0.3 is 0 Å². The van der Waals surface area contributed by atoms with E-state index in [0.717, 1.165) is 45.3 Å². The molecular formula is C84H64N2. The van der Waals surface area contributed by atoms with Gasteiger partial charge in [-0.3, -0.25) is 0 Å². The van der Waals surface area contributed by atoms with E-state index in [0.29, 0.717) is 0 Å². The molecule has 2 heteroatoms. The van der Waals surface area contributed by atoms with Gasteiger partial charge < -0.3 is 9.80 Å². The predicted octanol–water partition coefficient (Wildman–Crippen LogP) is 23.8. The lowest BCUT2D eigenvalue weighted by atomic mass is 9.94. The van der Waals surface area contributed by atoms with Crippen molar-refractivity contribution in [2.75, 3.05) is 9.80 Å². The fourth-order valence-corrected chi connectivity index (χ4v) is 12.7. The Bertz CT molecular complexity index is 4480. The first-order chi connectivity index (χ1) is 42.3. The van der Waals surface area contributed by atoms with Crippen LogP contribution < -0.4 is 9.80 Å². The molecule has 0 N–H and O–H groups in total. The molecule has 14 aromatic rings. The molecular weight excluding hydrogens is 1040 g/mol. The minimum absolute atomic E-state index is 1.09. The third kappa shape index (κ3) is 10.4. The van der Waals surface area contributed by atoms with E-state index in [-0.39, 0.29) is 0 Å². The van der Waals surface area contributed by atoms with Crippen LogP contribution in [0.1, 0.15) is 22.3 Å². The minimum atomic E-state index is 1.09. The summed E-state index contributed by atoms with van der Waals surface area (Å²) in [5, 5.41) is 4.90. The number of benzene rings is 14. The van der Waals surface area contributed by atoms with Crippen LogP contribution in [0.4, 0.5) is 34.1 Å². The summed E-state index contributed by atoms with van der Waals surface area (Å²) in [7, 11) is 0. The number of aryl methyl sites for hydroxylation is 4. The zero-order chi connectivity index (χ0) is 58.1. The maximum atomic E-state index is 2.48. The average Bonchev–Trinajstić information content (AvgIpc) is 2.03. The second kappa shape index (κ2) is 23.1. The van der Waals surface area contributed by atoms with Crippen molar-refractivity contribution in [1.29, 1.82) is 0 Å². The summed E-state index contributed by atoms with van der Waals surface area (Å²) in [6.07, 6.45) is 0. The Morgan fingerprint density at radius 3 is 0.872 bits per heavy atom. The van der Waals surface area contributed by atoms with E-state index in [1.165, 1.54) is 111 Å². The van der Waals surface area contributed by atoms with Crippen molar-refractivity contribution < 1.29 is 0 Å².